The Bertz CT molecular complexity index is 412. The Hall–Kier alpha value is -1.20. The van der Waals surface area contributed by atoms with E-state index in [2.05, 4.69) is 10.3 Å². The summed E-state index contributed by atoms with van der Waals surface area (Å²) >= 11 is 11.3. The van der Waals surface area contributed by atoms with Gasteiger partial charge in [-0.3, -0.25) is 4.79 Å². The van der Waals surface area contributed by atoms with E-state index in [4.69, 9.17) is 28.3 Å². The minimum absolute atomic E-state index is 0.141. The van der Waals surface area contributed by atoms with Gasteiger partial charge in [0.15, 0.2) is 0 Å². The van der Waals surface area contributed by atoms with Crippen LogP contribution in [0.5, 0.6) is 0 Å². The highest BCUT2D eigenvalue weighted by Gasteiger charge is 2.21. The number of H-pyrrole nitrogens is 1. The van der Waals surface area contributed by atoms with E-state index >= 15 is 0 Å². The van der Waals surface area contributed by atoms with Gasteiger partial charge in [-0.1, -0.05) is 36.5 Å². The first-order chi connectivity index (χ1) is 7.95. The summed E-state index contributed by atoms with van der Waals surface area (Å²) in [4.78, 5) is 25.1. The number of aromatic amines is 1. The molecule has 5 nitrogen and oxygen atoms in total. The molecular formula is C10H12Cl2N2O3. The van der Waals surface area contributed by atoms with Crippen LogP contribution in [0.4, 0.5) is 0 Å². The largest absolute Gasteiger partial charge is 0.480 e. The van der Waals surface area contributed by atoms with Crippen LogP contribution in [0.1, 0.15) is 30.3 Å². The highest BCUT2D eigenvalue weighted by molar-refractivity contribution is 6.41. The van der Waals surface area contributed by atoms with Crippen molar-refractivity contribution in [1.29, 1.82) is 0 Å². The van der Waals surface area contributed by atoms with Crippen molar-refractivity contribution in [3.63, 3.8) is 0 Å². The topological polar surface area (TPSA) is 82.2 Å². The predicted molar refractivity (Wildman–Crippen MR) is 64.6 cm³/mol. The van der Waals surface area contributed by atoms with E-state index in [1.165, 1.54) is 6.07 Å². The van der Waals surface area contributed by atoms with Crippen molar-refractivity contribution in [2.75, 3.05) is 0 Å². The number of hydrogen-bond acceptors (Lipinski definition) is 2. The first-order valence-electron chi connectivity index (χ1n) is 5.03. The van der Waals surface area contributed by atoms with Crippen LogP contribution in [0, 0.1) is 0 Å². The van der Waals surface area contributed by atoms with Gasteiger partial charge in [-0.15, -0.1) is 0 Å². The van der Waals surface area contributed by atoms with Crippen LogP contribution < -0.4 is 5.32 Å². The fourth-order valence-corrected chi connectivity index (χ4v) is 1.62. The van der Waals surface area contributed by atoms with Crippen LogP contribution in [0.2, 0.25) is 10.2 Å². The number of rotatable bonds is 5. The molecule has 0 fully saturated rings. The van der Waals surface area contributed by atoms with E-state index in [9.17, 15) is 9.59 Å². The van der Waals surface area contributed by atoms with Crippen LogP contribution in [-0.4, -0.2) is 28.0 Å². The molecule has 0 aromatic carbocycles. The summed E-state index contributed by atoms with van der Waals surface area (Å²) in [6.45, 7) is 1.84. The van der Waals surface area contributed by atoms with Gasteiger partial charge in [-0.05, 0) is 12.5 Å². The molecule has 1 amide bonds. The number of nitrogens with one attached hydrogen (secondary N) is 2. The number of hydrogen-bond donors (Lipinski definition) is 3. The average Bonchev–Trinajstić information content (AvgIpc) is 2.58. The fourth-order valence-electron chi connectivity index (χ4n) is 1.31. The Morgan fingerprint density at radius 1 is 1.53 bits per heavy atom. The van der Waals surface area contributed by atoms with E-state index in [-0.39, 0.29) is 15.9 Å². The van der Waals surface area contributed by atoms with Gasteiger partial charge in [0.2, 0.25) is 0 Å². The molecule has 0 spiro atoms. The molecule has 0 radical (unpaired) electrons. The molecule has 1 heterocycles. The van der Waals surface area contributed by atoms with Crippen molar-refractivity contribution in [2.45, 2.75) is 25.8 Å². The maximum atomic E-state index is 11.7. The van der Waals surface area contributed by atoms with Crippen LogP contribution >= 0.6 is 23.2 Å². The highest BCUT2D eigenvalue weighted by atomic mass is 35.5. The minimum Gasteiger partial charge on any atom is -0.480 e. The molecule has 0 aliphatic rings. The molecule has 1 atom stereocenters. The molecule has 94 valence electrons. The van der Waals surface area contributed by atoms with Gasteiger partial charge in [0, 0.05) is 0 Å². The van der Waals surface area contributed by atoms with Gasteiger partial charge in [-0.25, -0.2) is 4.79 Å². The molecule has 17 heavy (non-hydrogen) atoms. The van der Waals surface area contributed by atoms with Gasteiger partial charge in [0.1, 0.15) is 16.9 Å². The quantitative estimate of drug-likeness (QED) is 0.773. The van der Waals surface area contributed by atoms with Gasteiger partial charge < -0.3 is 15.4 Å². The number of aliphatic carboxylic acids is 1. The third-order valence-corrected chi connectivity index (χ3v) is 2.84. The Kier molecular flexibility index (Phi) is 4.84. The second kappa shape index (κ2) is 5.93. The Morgan fingerprint density at radius 2 is 2.18 bits per heavy atom. The Morgan fingerprint density at radius 3 is 2.59 bits per heavy atom. The molecule has 1 aromatic rings. The second-order valence-electron chi connectivity index (χ2n) is 3.50. The molecule has 3 N–H and O–H groups in total. The van der Waals surface area contributed by atoms with Gasteiger partial charge >= 0.3 is 5.97 Å². The molecular weight excluding hydrogens is 267 g/mol. The van der Waals surface area contributed by atoms with Crippen LogP contribution in [0.25, 0.3) is 0 Å². The van der Waals surface area contributed by atoms with Crippen molar-refractivity contribution in [3.8, 4) is 0 Å². The zero-order valence-electron chi connectivity index (χ0n) is 9.09. The van der Waals surface area contributed by atoms with E-state index in [1.54, 1.807) is 0 Å². The Balaban J connectivity index is 2.73. The number of carboxylic acid groups (broad SMARTS) is 1. The molecule has 1 aromatic heterocycles. The van der Waals surface area contributed by atoms with Crippen LogP contribution in [0.15, 0.2) is 6.07 Å². The maximum absolute atomic E-state index is 11.7. The average molecular weight is 279 g/mol. The van der Waals surface area contributed by atoms with Gasteiger partial charge in [-0.2, -0.15) is 0 Å². The first-order valence-corrected chi connectivity index (χ1v) is 5.79. The lowest BCUT2D eigenvalue weighted by Gasteiger charge is -2.12. The van der Waals surface area contributed by atoms with Crippen molar-refractivity contribution in [2.24, 2.45) is 0 Å². The fraction of sp³-hybridized carbons (Fsp3) is 0.400. The lowest BCUT2D eigenvalue weighted by Crippen LogP contribution is -2.40. The van der Waals surface area contributed by atoms with E-state index in [1.807, 2.05) is 6.92 Å². The summed E-state index contributed by atoms with van der Waals surface area (Å²) in [7, 11) is 0. The van der Waals surface area contributed by atoms with E-state index in [0.29, 0.717) is 12.8 Å². The number of aromatic nitrogens is 1. The molecule has 0 unspecified atom stereocenters. The molecule has 1 rings (SSSR count). The maximum Gasteiger partial charge on any atom is 0.326 e. The molecule has 7 heteroatoms. The molecule has 0 saturated heterocycles. The smallest absolute Gasteiger partial charge is 0.326 e. The number of amides is 1. The second-order valence-corrected chi connectivity index (χ2v) is 4.28. The Labute approximate surface area is 108 Å². The number of halogens is 2. The number of carbonyl (C=O) groups excluding carboxylic acids is 1. The lowest BCUT2D eigenvalue weighted by atomic mass is 10.1. The molecule has 0 aliphatic heterocycles. The summed E-state index contributed by atoms with van der Waals surface area (Å²) in [5.74, 6) is -1.61. The van der Waals surface area contributed by atoms with Crippen molar-refractivity contribution < 1.29 is 14.7 Å². The number of carboxylic acids is 1. The summed E-state index contributed by atoms with van der Waals surface area (Å²) < 4.78 is 0. The monoisotopic (exact) mass is 278 g/mol. The lowest BCUT2D eigenvalue weighted by molar-refractivity contribution is -0.139. The van der Waals surface area contributed by atoms with Crippen LogP contribution in [0.3, 0.4) is 0 Å². The summed E-state index contributed by atoms with van der Waals surface area (Å²) in [5, 5.41) is 11.6. The highest BCUT2D eigenvalue weighted by Crippen LogP contribution is 2.21. The first kappa shape index (κ1) is 13.9. The SMILES string of the molecule is CCC[C@@H](NC(=O)c1cc(Cl)c(Cl)[nH]1)C(=O)O. The normalized spacial score (nSPS) is 12.2. The van der Waals surface area contributed by atoms with Gasteiger partial charge in [0.25, 0.3) is 5.91 Å². The summed E-state index contributed by atoms with van der Waals surface area (Å²) in [5.41, 5.74) is 0.141. The third kappa shape index (κ3) is 3.64. The van der Waals surface area contributed by atoms with E-state index < -0.39 is 17.9 Å². The zero-order valence-corrected chi connectivity index (χ0v) is 10.6. The summed E-state index contributed by atoms with van der Waals surface area (Å²) in [6.07, 6.45) is 1.02. The molecule has 0 saturated carbocycles. The zero-order chi connectivity index (χ0) is 13.0. The predicted octanol–water partition coefficient (Wildman–Crippen LogP) is 2.30. The number of carbonyl (C=O) groups is 2. The van der Waals surface area contributed by atoms with Crippen LogP contribution in [-0.2, 0) is 4.79 Å². The third-order valence-electron chi connectivity index (χ3n) is 2.15. The summed E-state index contributed by atoms with van der Waals surface area (Å²) in [6, 6.07) is 0.442. The van der Waals surface area contributed by atoms with Crippen molar-refractivity contribution in [1.82, 2.24) is 10.3 Å². The van der Waals surface area contributed by atoms with Crippen molar-refractivity contribution in [3.05, 3.63) is 21.9 Å². The minimum atomic E-state index is -1.07. The van der Waals surface area contributed by atoms with Crippen molar-refractivity contribution >= 4 is 35.1 Å². The molecule has 0 bridgehead atoms. The van der Waals surface area contributed by atoms with Gasteiger partial charge in [0.05, 0.1) is 5.02 Å². The standard InChI is InChI=1S/C10H12Cl2N2O3/c1-2-3-6(10(16)17)14-9(15)7-4-5(11)8(12)13-7/h4,6,13H,2-3H2,1H3,(H,14,15)(H,16,17)/t6-/m1/s1. The molecule has 0 aliphatic carbocycles. The van der Waals surface area contributed by atoms with E-state index in [0.717, 1.165) is 0 Å².